The lowest BCUT2D eigenvalue weighted by Gasteiger charge is -2.10. The second-order valence-electron chi connectivity index (χ2n) is 5.64. The standard InChI is InChI=1S/C18H21NO2/c1-12-6-13(2)8-14(7-12)10-20-15-4-5-16-17(19-3)11-21-18(16)9-15/h4-9,17,19H,10-11H2,1-3H3. The van der Waals surface area contributed by atoms with Crippen LogP contribution in [0, 0.1) is 13.8 Å². The number of hydrogen-bond donors (Lipinski definition) is 1. The van der Waals surface area contributed by atoms with E-state index in [1.165, 1.54) is 22.3 Å². The van der Waals surface area contributed by atoms with E-state index in [1.54, 1.807) is 0 Å². The zero-order valence-electron chi connectivity index (χ0n) is 12.8. The Morgan fingerprint density at radius 1 is 1.14 bits per heavy atom. The van der Waals surface area contributed by atoms with Gasteiger partial charge in [0.1, 0.15) is 24.7 Å². The number of ether oxygens (including phenoxy) is 2. The molecule has 2 aromatic rings. The molecule has 0 saturated heterocycles. The van der Waals surface area contributed by atoms with E-state index in [-0.39, 0.29) is 6.04 Å². The van der Waals surface area contributed by atoms with Crippen molar-refractivity contribution in [2.75, 3.05) is 13.7 Å². The molecule has 3 nitrogen and oxygen atoms in total. The van der Waals surface area contributed by atoms with Crippen molar-refractivity contribution < 1.29 is 9.47 Å². The van der Waals surface area contributed by atoms with Crippen LogP contribution in [0.5, 0.6) is 11.5 Å². The van der Waals surface area contributed by atoms with E-state index >= 15 is 0 Å². The smallest absolute Gasteiger partial charge is 0.127 e. The van der Waals surface area contributed by atoms with E-state index in [0.29, 0.717) is 13.2 Å². The highest BCUT2D eigenvalue weighted by Crippen LogP contribution is 2.35. The van der Waals surface area contributed by atoms with Gasteiger partial charge in [0, 0.05) is 11.6 Å². The first-order valence-corrected chi connectivity index (χ1v) is 7.29. The molecule has 1 unspecified atom stereocenters. The van der Waals surface area contributed by atoms with Crippen LogP contribution in [-0.4, -0.2) is 13.7 Å². The molecular weight excluding hydrogens is 262 g/mol. The van der Waals surface area contributed by atoms with E-state index in [1.807, 2.05) is 19.2 Å². The van der Waals surface area contributed by atoms with Crippen molar-refractivity contribution in [1.82, 2.24) is 5.32 Å². The molecule has 1 aliphatic heterocycles. The first-order chi connectivity index (χ1) is 10.2. The topological polar surface area (TPSA) is 30.5 Å². The maximum Gasteiger partial charge on any atom is 0.127 e. The Labute approximate surface area is 125 Å². The summed E-state index contributed by atoms with van der Waals surface area (Å²) in [7, 11) is 1.95. The average molecular weight is 283 g/mol. The summed E-state index contributed by atoms with van der Waals surface area (Å²) in [6.07, 6.45) is 0. The van der Waals surface area contributed by atoms with E-state index < -0.39 is 0 Å². The van der Waals surface area contributed by atoms with E-state index in [0.717, 1.165) is 11.5 Å². The summed E-state index contributed by atoms with van der Waals surface area (Å²) < 4.78 is 11.6. The van der Waals surface area contributed by atoms with Crippen molar-refractivity contribution in [3.8, 4) is 11.5 Å². The third-order valence-electron chi connectivity index (χ3n) is 3.80. The molecule has 21 heavy (non-hydrogen) atoms. The minimum Gasteiger partial charge on any atom is -0.491 e. The molecule has 3 heteroatoms. The SMILES string of the molecule is CNC1COc2cc(OCc3cc(C)cc(C)c3)ccc21. The summed E-state index contributed by atoms with van der Waals surface area (Å²) in [6, 6.07) is 12.9. The van der Waals surface area contributed by atoms with Crippen LogP contribution in [0.3, 0.4) is 0 Å². The normalized spacial score (nSPS) is 16.4. The molecule has 0 fully saturated rings. The van der Waals surface area contributed by atoms with Gasteiger partial charge < -0.3 is 14.8 Å². The number of rotatable bonds is 4. The minimum atomic E-state index is 0.286. The van der Waals surface area contributed by atoms with Gasteiger partial charge in [0.05, 0.1) is 6.04 Å². The number of hydrogen-bond acceptors (Lipinski definition) is 3. The molecule has 3 rings (SSSR count). The third-order valence-corrected chi connectivity index (χ3v) is 3.80. The summed E-state index contributed by atoms with van der Waals surface area (Å²) in [6.45, 7) is 5.48. The lowest BCUT2D eigenvalue weighted by atomic mass is 10.1. The highest BCUT2D eigenvalue weighted by Gasteiger charge is 2.22. The fourth-order valence-electron chi connectivity index (χ4n) is 2.84. The molecule has 0 spiro atoms. The first-order valence-electron chi connectivity index (χ1n) is 7.29. The van der Waals surface area contributed by atoms with Gasteiger partial charge >= 0.3 is 0 Å². The lowest BCUT2D eigenvalue weighted by molar-refractivity contribution is 0.298. The summed E-state index contributed by atoms with van der Waals surface area (Å²) in [5.41, 5.74) is 4.93. The molecule has 2 aromatic carbocycles. The molecule has 0 aromatic heterocycles. The molecular formula is C18H21NO2. The van der Waals surface area contributed by atoms with Crippen molar-refractivity contribution >= 4 is 0 Å². The van der Waals surface area contributed by atoms with Gasteiger partial charge in [0.25, 0.3) is 0 Å². The number of benzene rings is 2. The molecule has 1 heterocycles. The summed E-state index contributed by atoms with van der Waals surface area (Å²) in [5.74, 6) is 1.77. The number of aryl methyl sites for hydroxylation is 2. The van der Waals surface area contributed by atoms with Crippen LogP contribution in [0.4, 0.5) is 0 Å². The fourth-order valence-corrected chi connectivity index (χ4v) is 2.84. The van der Waals surface area contributed by atoms with Gasteiger partial charge in [-0.2, -0.15) is 0 Å². The molecule has 1 N–H and O–H groups in total. The average Bonchev–Trinajstić information content (AvgIpc) is 2.86. The second kappa shape index (κ2) is 5.78. The van der Waals surface area contributed by atoms with Crippen LogP contribution in [0.1, 0.15) is 28.3 Å². The van der Waals surface area contributed by atoms with Crippen molar-refractivity contribution in [3.05, 3.63) is 58.7 Å². The molecule has 0 saturated carbocycles. The van der Waals surface area contributed by atoms with Crippen LogP contribution >= 0.6 is 0 Å². The van der Waals surface area contributed by atoms with Crippen molar-refractivity contribution in [2.45, 2.75) is 26.5 Å². The Kier molecular flexibility index (Phi) is 3.84. The van der Waals surface area contributed by atoms with Gasteiger partial charge in [0.15, 0.2) is 0 Å². The predicted octanol–water partition coefficient (Wildman–Crippen LogP) is 3.54. The van der Waals surface area contributed by atoms with Crippen LogP contribution in [0.2, 0.25) is 0 Å². The molecule has 0 aliphatic carbocycles. The van der Waals surface area contributed by atoms with Crippen LogP contribution in [0.25, 0.3) is 0 Å². The molecule has 1 aliphatic rings. The molecule has 110 valence electrons. The highest BCUT2D eigenvalue weighted by atomic mass is 16.5. The molecule has 0 amide bonds. The Hall–Kier alpha value is -2.00. The van der Waals surface area contributed by atoms with Gasteiger partial charge in [-0.1, -0.05) is 29.3 Å². The van der Waals surface area contributed by atoms with Gasteiger partial charge in [-0.25, -0.2) is 0 Å². The predicted molar refractivity (Wildman–Crippen MR) is 84.0 cm³/mol. The van der Waals surface area contributed by atoms with Crippen molar-refractivity contribution in [2.24, 2.45) is 0 Å². The quantitative estimate of drug-likeness (QED) is 0.931. The van der Waals surface area contributed by atoms with E-state index in [2.05, 4.69) is 43.4 Å². The second-order valence-corrected chi connectivity index (χ2v) is 5.64. The largest absolute Gasteiger partial charge is 0.491 e. The summed E-state index contributed by atoms with van der Waals surface area (Å²) in [4.78, 5) is 0. The van der Waals surface area contributed by atoms with Gasteiger partial charge in [0.2, 0.25) is 0 Å². The summed E-state index contributed by atoms with van der Waals surface area (Å²) >= 11 is 0. The van der Waals surface area contributed by atoms with E-state index in [9.17, 15) is 0 Å². The van der Waals surface area contributed by atoms with Gasteiger partial charge in [-0.15, -0.1) is 0 Å². The highest BCUT2D eigenvalue weighted by molar-refractivity contribution is 5.45. The zero-order valence-corrected chi connectivity index (χ0v) is 12.8. The summed E-state index contributed by atoms with van der Waals surface area (Å²) in [5, 5.41) is 3.24. The number of nitrogens with one attached hydrogen (secondary N) is 1. The van der Waals surface area contributed by atoms with Gasteiger partial charge in [-0.3, -0.25) is 0 Å². The molecule has 0 radical (unpaired) electrons. The Morgan fingerprint density at radius 2 is 1.90 bits per heavy atom. The van der Waals surface area contributed by atoms with Crippen LogP contribution in [-0.2, 0) is 6.61 Å². The first kappa shape index (κ1) is 14.0. The number of fused-ring (bicyclic) bond motifs is 1. The van der Waals surface area contributed by atoms with Crippen molar-refractivity contribution in [1.29, 1.82) is 0 Å². The van der Waals surface area contributed by atoms with Gasteiger partial charge in [-0.05, 0) is 38.6 Å². The zero-order chi connectivity index (χ0) is 14.8. The third kappa shape index (κ3) is 3.03. The van der Waals surface area contributed by atoms with Crippen LogP contribution < -0.4 is 14.8 Å². The number of likely N-dealkylation sites (N-methyl/N-ethyl adjacent to an activating group) is 1. The fraction of sp³-hybridized carbons (Fsp3) is 0.333. The Bertz CT molecular complexity index is 631. The van der Waals surface area contributed by atoms with Crippen molar-refractivity contribution in [3.63, 3.8) is 0 Å². The molecule has 0 bridgehead atoms. The maximum atomic E-state index is 5.90. The van der Waals surface area contributed by atoms with Crippen LogP contribution in [0.15, 0.2) is 36.4 Å². The monoisotopic (exact) mass is 283 g/mol. The lowest BCUT2D eigenvalue weighted by Crippen LogP contribution is -2.17. The van der Waals surface area contributed by atoms with E-state index in [4.69, 9.17) is 9.47 Å². The Morgan fingerprint density at radius 3 is 2.62 bits per heavy atom. The maximum absolute atomic E-state index is 5.90. The Balaban J connectivity index is 1.71. The molecule has 1 atom stereocenters. The minimum absolute atomic E-state index is 0.286.